The molecule has 0 atom stereocenters. The Morgan fingerprint density at radius 1 is 1.37 bits per heavy atom. The summed E-state index contributed by atoms with van der Waals surface area (Å²) in [5, 5.41) is 8.79. The highest BCUT2D eigenvalue weighted by Gasteiger charge is 2.21. The molecule has 0 saturated carbocycles. The number of hydrogen-bond donors (Lipinski definition) is 1. The third kappa shape index (κ3) is 4.40. The number of rotatable bonds is 7. The summed E-state index contributed by atoms with van der Waals surface area (Å²) < 4.78 is 9.74. The van der Waals surface area contributed by atoms with Crippen LogP contribution in [-0.4, -0.2) is 46.8 Å². The van der Waals surface area contributed by atoms with Gasteiger partial charge in [0.25, 0.3) is 0 Å². The van der Waals surface area contributed by atoms with E-state index < -0.39 is 0 Å². The maximum atomic E-state index is 5.68. The molecule has 0 amide bonds. The molecule has 0 spiro atoms. The van der Waals surface area contributed by atoms with Crippen LogP contribution in [0, 0.1) is 0 Å². The van der Waals surface area contributed by atoms with E-state index in [-0.39, 0.29) is 0 Å². The molecule has 1 aromatic heterocycles. The predicted octanol–water partition coefficient (Wildman–Crippen LogP) is 2.36. The largest absolute Gasteiger partial charge is 0.378 e. The van der Waals surface area contributed by atoms with Gasteiger partial charge in [0.1, 0.15) is 10.7 Å². The summed E-state index contributed by atoms with van der Waals surface area (Å²) in [4.78, 5) is 2.45. The third-order valence-electron chi connectivity index (χ3n) is 3.40. The summed E-state index contributed by atoms with van der Waals surface area (Å²) in [6.45, 7) is 9.14. The molecular formula is C13H24N4OS. The highest BCUT2D eigenvalue weighted by molar-refractivity contribution is 7.10. The van der Waals surface area contributed by atoms with Crippen molar-refractivity contribution in [3.63, 3.8) is 0 Å². The second-order valence-corrected chi connectivity index (χ2v) is 5.66. The van der Waals surface area contributed by atoms with Crippen molar-refractivity contribution >= 4 is 16.5 Å². The zero-order valence-corrected chi connectivity index (χ0v) is 12.7. The first-order valence-electron chi connectivity index (χ1n) is 7.22. The van der Waals surface area contributed by atoms with Gasteiger partial charge in [-0.15, -0.1) is 5.10 Å². The molecule has 1 saturated heterocycles. The van der Waals surface area contributed by atoms with E-state index in [1.165, 1.54) is 11.5 Å². The van der Waals surface area contributed by atoms with Crippen molar-refractivity contribution in [2.45, 2.75) is 45.8 Å². The average Bonchev–Trinajstić information content (AvgIpc) is 2.86. The first kappa shape index (κ1) is 14.7. The summed E-state index contributed by atoms with van der Waals surface area (Å²) in [5.74, 6) is 0. The van der Waals surface area contributed by atoms with Gasteiger partial charge in [-0.1, -0.05) is 11.4 Å². The molecule has 5 nitrogen and oxygen atoms in total. The molecule has 1 aliphatic heterocycles. The molecule has 1 fully saturated rings. The van der Waals surface area contributed by atoms with Gasteiger partial charge in [0, 0.05) is 44.3 Å². The Labute approximate surface area is 119 Å². The summed E-state index contributed by atoms with van der Waals surface area (Å²) in [7, 11) is 0. The van der Waals surface area contributed by atoms with Gasteiger partial charge >= 0.3 is 0 Å². The number of aromatic nitrogens is 2. The molecule has 0 bridgehead atoms. The van der Waals surface area contributed by atoms with E-state index in [2.05, 4.69) is 33.7 Å². The topological polar surface area (TPSA) is 50.3 Å². The molecule has 6 heteroatoms. The van der Waals surface area contributed by atoms with Gasteiger partial charge in [0.05, 0.1) is 6.10 Å². The second-order valence-electron chi connectivity index (χ2n) is 4.91. The van der Waals surface area contributed by atoms with Crippen LogP contribution in [0.15, 0.2) is 0 Å². The molecule has 1 aliphatic rings. The van der Waals surface area contributed by atoms with E-state index in [1.54, 1.807) is 0 Å². The monoisotopic (exact) mass is 284 g/mol. The fourth-order valence-electron chi connectivity index (χ4n) is 2.37. The van der Waals surface area contributed by atoms with E-state index >= 15 is 0 Å². The Kier molecular flexibility index (Phi) is 6.00. The van der Waals surface area contributed by atoms with Gasteiger partial charge in [0.15, 0.2) is 0 Å². The second kappa shape index (κ2) is 7.77. The van der Waals surface area contributed by atoms with Crippen LogP contribution in [0.2, 0.25) is 0 Å². The van der Waals surface area contributed by atoms with Crippen LogP contribution in [0.25, 0.3) is 0 Å². The third-order valence-corrected chi connectivity index (χ3v) is 4.13. The minimum atomic E-state index is 0.451. The standard InChI is InChI=1S/C13H24N4OS/c1-3-7-14-13-12(15-16-19-13)10-17-8-5-11(6-9-17)18-4-2/h11,14H,3-10H2,1-2H3. The lowest BCUT2D eigenvalue weighted by Gasteiger charge is -2.31. The Balaban J connectivity index is 1.80. The van der Waals surface area contributed by atoms with Gasteiger partial charge in [-0.2, -0.15) is 0 Å². The van der Waals surface area contributed by atoms with E-state index in [4.69, 9.17) is 4.74 Å². The number of nitrogens with zero attached hydrogens (tertiary/aromatic N) is 3. The number of nitrogens with one attached hydrogen (secondary N) is 1. The summed E-state index contributed by atoms with van der Waals surface area (Å²) in [6.07, 6.45) is 3.83. The molecule has 0 radical (unpaired) electrons. The molecule has 0 unspecified atom stereocenters. The van der Waals surface area contributed by atoms with E-state index in [0.29, 0.717) is 6.10 Å². The highest BCUT2D eigenvalue weighted by atomic mass is 32.1. The maximum Gasteiger partial charge on any atom is 0.134 e. The normalized spacial score (nSPS) is 17.8. The first-order chi connectivity index (χ1) is 9.33. The number of anilines is 1. The predicted molar refractivity (Wildman–Crippen MR) is 78.6 cm³/mol. The van der Waals surface area contributed by atoms with Crippen molar-refractivity contribution in [1.82, 2.24) is 14.5 Å². The summed E-state index contributed by atoms with van der Waals surface area (Å²) in [5.41, 5.74) is 1.09. The van der Waals surface area contributed by atoms with Crippen LogP contribution in [0.1, 0.15) is 38.8 Å². The fourth-order valence-corrected chi connectivity index (χ4v) is 2.96. The Hall–Kier alpha value is -0.720. The van der Waals surface area contributed by atoms with Crippen molar-refractivity contribution in [2.75, 3.05) is 31.6 Å². The van der Waals surface area contributed by atoms with Gasteiger partial charge in [-0.3, -0.25) is 4.90 Å². The van der Waals surface area contributed by atoms with E-state index in [0.717, 1.165) is 62.7 Å². The molecule has 108 valence electrons. The van der Waals surface area contributed by atoms with Crippen LogP contribution in [0.4, 0.5) is 5.00 Å². The molecule has 1 aromatic rings. The van der Waals surface area contributed by atoms with Gasteiger partial charge in [-0.25, -0.2) is 0 Å². The molecule has 0 aliphatic carbocycles. The molecule has 1 N–H and O–H groups in total. The van der Waals surface area contributed by atoms with Crippen molar-refractivity contribution in [3.05, 3.63) is 5.69 Å². The Morgan fingerprint density at radius 3 is 2.84 bits per heavy atom. The summed E-state index contributed by atoms with van der Waals surface area (Å²) in [6, 6.07) is 0. The molecule has 2 rings (SSSR count). The van der Waals surface area contributed by atoms with Gasteiger partial charge in [-0.05, 0) is 26.2 Å². The first-order valence-corrected chi connectivity index (χ1v) is 7.99. The van der Waals surface area contributed by atoms with Crippen LogP contribution >= 0.6 is 11.5 Å². The van der Waals surface area contributed by atoms with Crippen LogP contribution in [0.5, 0.6) is 0 Å². The smallest absolute Gasteiger partial charge is 0.134 e. The summed E-state index contributed by atoms with van der Waals surface area (Å²) >= 11 is 1.46. The fraction of sp³-hybridized carbons (Fsp3) is 0.846. The van der Waals surface area contributed by atoms with Crippen molar-refractivity contribution < 1.29 is 4.74 Å². The van der Waals surface area contributed by atoms with Crippen LogP contribution < -0.4 is 5.32 Å². The molecule has 0 aromatic carbocycles. The lowest BCUT2D eigenvalue weighted by Crippen LogP contribution is -2.36. The zero-order valence-electron chi connectivity index (χ0n) is 11.9. The lowest BCUT2D eigenvalue weighted by molar-refractivity contribution is 0.0123. The number of piperidine rings is 1. The Bertz CT molecular complexity index is 363. The van der Waals surface area contributed by atoms with Gasteiger partial charge < -0.3 is 10.1 Å². The number of likely N-dealkylation sites (tertiary alicyclic amines) is 1. The van der Waals surface area contributed by atoms with Crippen molar-refractivity contribution in [1.29, 1.82) is 0 Å². The SMILES string of the molecule is CCCNc1snnc1CN1CCC(OCC)CC1. The molecule has 19 heavy (non-hydrogen) atoms. The van der Waals surface area contributed by atoms with E-state index in [9.17, 15) is 0 Å². The highest BCUT2D eigenvalue weighted by Crippen LogP contribution is 2.22. The number of hydrogen-bond acceptors (Lipinski definition) is 6. The maximum absolute atomic E-state index is 5.68. The quantitative estimate of drug-likeness (QED) is 0.833. The van der Waals surface area contributed by atoms with Crippen LogP contribution in [0.3, 0.4) is 0 Å². The van der Waals surface area contributed by atoms with Crippen molar-refractivity contribution in [2.24, 2.45) is 0 Å². The van der Waals surface area contributed by atoms with Crippen molar-refractivity contribution in [3.8, 4) is 0 Å². The Morgan fingerprint density at radius 2 is 2.16 bits per heavy atom. The minimum Gasteiger partial charge on any atom is -0.378 e. The minimum absolute atomic E-state index is 0.451. The zero-order chi connectivity index (χ0) is 13.5. The molecule has 2 heterocycles. The lowest BCUT2D eigenvalue weighted by atomic mass is 10.1. The van der Waals surface area contributed by atoms with Crippen LogP contribution in [-0.2, 0) is 11.3 Å². The average molecular weight is 284 g/mol. The molecular weight excluding hydrogens is 260 g/mol. The van der Waals surface area contributed by atoms with Gasteiger partial charge in [0.2, 0.25) is 0 Å². The number of ether oxygens (including phenoxy) is 1. The van der Waals surface area contributed by atoms with E-state index in [1.807, 2.05) is 0 Å².